The molecule has 2 aromatic rings. The summed E-state index contributed by atoms with van der Waals surface area (Å²) in [5.41, 5.74) is 0. The highest BCUT2D eigenvalue weighted by molar-refractivity contribution is 6.04. The lowest BCUT2D eigenvalue weighted by atomic mass is 10.2. The van der Waals surface area contributed by atoms with E-state index in [0.717, 1.165) is 5.76 Å². The van der Waals surface area contributed by atoms with Crippen LogP contribution in [0.25, 0.3) is 6.08 Å². The number of hydrogen-bond acceptors (Lipinski definition) is 3. The van der Waals surface area contributed by atoms with Gasteiger partial charge in [0.25, 0.3) is 0 Å². The number of furan rings is 2. The molecule has 0 fully saturated rings. The third-order valence-corrected chi connectivity index (χ3v) is 1.93. The predicted molar refractivity (Wildman–Crippen MR) is 55.5 cm³/mol. The van der Waals surface area contributed by atoms with Gasteiger partial charge in [-0.3, -0.25) is 4.79 Å². The number of allylic oxidation sites excluding steroid dienone is 1. The molecular formula is C12H10O3. The number of carbonyl (C=O) groups is 1. The maximum atomic E-state index is 11.5. The van der Waals surface area contributed by atoms with E-state index in [0.29, 0.717) is 11.5 Å². The van der Waals surface area contributed by atoms with Gasteiger partial charge in [-0.25, -0.2) is 0 Å². The van der Waals surface area contributed by atoms with E-state index in [4.69, 9.17) is 8.83 Å². The minimum atomic E-state index is -0.167. The molecule has 0 aromatic carbocycles. The fourth-order valence-electron chi connectivity index (χ4n) is 1.19. The van der Waals surface area contributed by atoms with Crippen molar-refractivity contribution in [2.24, 2.45) is 0 Å². The van der Waals surface area contributed by atoms with Gasteiger partial charge < -0.3 is 8.83 Å². The van der Waals surface area contributed by atoms with Gasteiger partial charge in [0.05, 0.1) is 6.26 Å². The second-order valence-electron chi connectivity index (χ2n) is 3.12. The number of hydrogen-bond donors (Lipinski definition) is 0. The summed E-state index contributed by atoms with van der Waals surface area (Å²) in [6, 6.07) is 6.95. The largest absolute Gasteiger partial charge is 0.465 e. The summed E-state index contributed by atoms with van der Waals surface area (Å²) in [5.74, 6) is 1.55. The van der Waals surface area contributed by atoms with Crippen LogP contribution >= 0.6 is 0 Å². The highest BCUT2D eigenvalue weighted by Gasteiger charge is 2.05. The number of carbonyl (C=O) groups excluding carboxylic acids is 1. The van der Waals surface area contributed by atoms with Crippen molar-refractivity contribution in [2.45, 2.75) is 6.92 Å². The van der Waals surface area contributed by atoms with Crippen molar-refractivity contribution in [1.82, 2.24) is 0 Å². The monoisotopic (exact) mass is 202 g/mol. The summed E-state index contributed by atoms with van der Waals surface area (Å²) in [7, 11) is 0. The number of ketones is 1. The van der Waals surface area contributed by atoms with E-state index in [1.165, 1.54) is 6.08 Å². The summed E-state index contributed by atoms with van der Waals surface area (Å²) in [4.78, 5) is 11.5. The van der Waals surface area contributed by atoms with Crippen molar-refractivity contribution < 1.29 is 13.6 Å². The first kappa shape index (κ1) is 9.52. The summed E-state index contributed by atoms with van der Waals surface area (Å²) in [5, 5.41) is 0. The van der Waals surface area contributed by atoms with E-state index >= 15 is 0 Å². The van der Waals surface area contributed by atoms with Crippen LogP contribution in [0.1, 0.15) is 22.1 Å². The molecule has 0 unspecified atom stereocenters. The molecule has 0 aliphatic heterocycles. The van der Waals surface area contributed by atoms with Crippen LogP contribution < -0.4 is 0 Å². The van der Waals surface area contributed by atoms with Crippen molar-refractivity contribution >= 4 is 11.9 Å². The summed E-state index contributed by atoms with van der Waals surface area (Å²) in [6.45, 7) is 1.80. The molecule has 0 spiro atoms. The minimum Gasteiger partial charge on any atom is -0.465 e. The topological polar surface area (TPSA) is 43.4 Å². The Hall–Kier alpha value is -2.03. The predicted octanol–water partition coefficient (Wildman–Crippen LogP) is 3.08. The standard InChI is InChI=1S/C12H10O3/c1-9-4-7-12(15-9)11(13)6-5-10-3-2-8-14-10/h2-8H,1H3/b6-5+. The van der Waals surface area contributed by atoms with Gasteiger partial charge in [0.2, 0.25) is 5.78 Å². The van der Waals surface area contributed by atoms with Gasteiger partial charge in [0.1, 0.15) is 11.5 Å². The van der Waals surface area contributed by atoms with Crippen LogP contribution in [0.2, 0.25) is 0 Å². The molecule has 0 bridgehead atoms. The SMILES string of the molecule is Cc1ccc(C(=O)/C=C/c2ccco2)o1. The summed E-state index contributed by atoms with van der Waals surface area (Å²) < 4.78 is 10.2. The van der Waals surface area contributed by atoms with E-state index in [1.54, 1.807) is 43.5 Å². The normalized spacial score (nSPS) is 11.0. The fraction of sp³-hybridized carbons (Fsp3) is 0.0833. The maximum Gasteiger partial charge on any atom is 0.221 e. The molecule has 15 heavy (non-hydrogen) atoms. The first-order chi connectivity index (χ1) is 7.25. The molecule has 0 aliphatic carbocycles. The van der Waals surface area contributed by atoms with Crippen molar-refractivity contribution in [3.05, 3.63) is 53.9 Å². The molecule has 3 heteroatoms. The fourth-order valence-corrected chi connectivity index (χ4v) is 1.19. The lowest BCUT2D eigenvalue weighted by Gasteiger charge is -1.87. The Morgan fingerprint density at radius 3 is 2.80 bits per heavy atom. The number of rotatable bonds is 3. The highest BCUT2D eigenvalue weighted by Crippen LogP contribution is 2.09. The van der Waals surface area contributed by atoms with E-state index in [1.807, 2.05) is 0 Å². The highest BCUT2D eigenvalue weighted by atomic mass is 16.3. The van der Waals surface area contributed by atoms with Crippen molar-refractivity contribution in [3.8, 4) is 0 Å². The van der Waals surface area contributed by atoms with Gasteiger partial charge in [0, 0.05) is 0 Å². The van der Waals surface area contributed by atoms with Gasteiger partial charge in [-0.1, -0.05) is 0 Å². The molecule has 0 saturated heterocycles. The zero-order valence-electron chi connectivity index (χ0n) is 8.27. The van der Waals surface area contributed by atoms with Gasteiger partial charge in [-0.05, 0) is 43.3 Å². The quantitative estimate of drug-likeness (QED) is 0.567. The molecule has 76 valence electrons. The van der Waals surface area contributed by atoms with Gasteiger partial charge >= 0.3 is 0 Å². The molecule has 0 aliphatic rings. The Morgan fingerprint density at radius 2 is 2.20 bits per heavy atom. The molecule has 0 saturated carbocycles. The lowest BCUT2D eigenvalue weighted by molar-refractivity contribution is 0.102. The van der Waals surface area contributed by atoms with Gasteiger partial charge in [0.15, 0.2) is 5.76 Å². The van der Waals surface area contributed by atoms with Crippen LogP contribution in [0.3, 0.4) is 0 Å². The Bertz CT molecular complexity index is 475. The zero-order chi connectivity index (χ0) is 10.7. The van der Waals surface area contributed by atoms with E-state index < -0.39 is 0 Å². The molecule has 2 rings (SSSR count). The second kappa shape index (κ2) is 4.00. The van der Waals surface area contributed by atoms with Gasteiger partial charge in [-0.15, -0.1) is 0 Å². The van der Waals surface area contributed by atoms with E-state index in [9.17, 15) is 4.79 Å². The molecule has 0 N–H and O–H groups in total. The molecule has 2 aromatic heterocycles. The van der Waals surface area contributed by atoms with Crippen LogP contribution in [0.5, 0.6) is 0 Å². The number of aryl methyl sites for hydroxylation is 1. The van der Waals surface area contributed by atoms with Crippen molar-refractivity contribution in [2.75, 3.05) is 0 Å². The van der Waals surface area contributed by atoms with Crippen LogP contribution in [-0.2, 0) is 0 Å². The van der Waals surface area contributed by atoms with Crippen LogP contribution in [-0.4, -0.2) is 5.78 Å². The van der Waals surface area contributed by atoms with Crippen LogP contribution in [0, 0.1) is 6.92 Å². The molecular weight excluding hydrogens is 192 g/mol. The molecule has 2 heterocycles. The first-order valence-corrected chi connectivity index (χ1v) is 4.58. The molecule has 0 amide bonds. The maximum absolute atomic E-state index is 11.5. The van der Waals surface area contributed by atoms with Crippen molar-refractivity contribution in [3.63, 3.8) is 0 Å². The molecule has 3 nitrogen and oxygen atoms in total. The van der Waals surface area contributed by atoms with Crippen LogP contribution in [0.4, 0.5) is 0 Å². The van der Waals surface area contributed by atoms with Gasteiger partial charge in [-0.2, -0.15) is 0 Å². The second-order valence-corrected chi connectivity index (χ2v) is 3.12. The Labute approximate surface area is 87.0 Å². The van der Waals surface area contributed by atoms with E-state index in [-0.39, 0.29) is 5.78 Å². The Morgan fingerprint density at radius 1 is 1.33 bits per heavy atom. The minimum absolute atomic E-state index is 0.167. The molecule has 0 radical (unpaired) electrons. The van der Waals surface area contributed by atoms with Crippen molar-refractivity contribution in [1.29, 1.82) is 0 Å². The van der Waals surface area contributed by atoms with E-state index in [2.05, 4.69) is 0 Å². The summed E-state index contributed by atoms with van der Waals surface area (Å²) in [6.07, 6.45) is 4.60. The lowest BCUT2D eigenvalue weighted by Crippen LogP contribution is -1.90. The Kier molecular flexibility index (Phi) is 2.54. The third kappa shape index (κ3) is 2.26. The zero-order valence-corrected chi connectivity index (χ0v) is 8.27. The Balaban J connectivity index is 2.10. The average molecular weight is 202 g/mol. The smallest absolute Gasteiger partial charge is 0.221 e. The molecule has 0 atom stereocenters. The van der Waals surface area contributed by atoms with Crippen LogP contribution in [0.15, 0.2) is 45.4 Å². The summed E-state index contributed by atoms with van der Waals surface area (Å²) >= 11 is 0. The third-order valence-electron chi connectivity index (χ3n) is 1.93. The first-order valence-electron chi connectivity index (χ1n) is 4.58. The average Bonchev–Trinajstić information content (AvgIpc) is 2.84.